The SMILES string of the molecule is C=CCON1C(=O)C[C@H](C(=O)OC)C12CCN(Cc1nc3ccccc3s1)CC2. The second-order valence-electron chi connectivity index (χ2n) is 7.51. The highest BCUT2D eigenvalue weighted by Gasteiger charge is 2.58. The van der Waals surface area contributed by atoms with Gasteiger partial charge in [-0.1, -0.05) is 18.2 Å². The molecule has 1 amide bonds. The highest BCUT2D eigenvalue weighted by Crippen LogP contribution is 2.44. The van der Waals surface area contributed by atoms with Crippen molar-refractivity contribution in [2.24, 2.45) is 5.92 Å². The quantitative estimate of drug-likeness (QED) is 0.534. The summed E-state index contributed by atoms with van der Waals surface area (Å²) in [6, 6.07) is 8.14. The lowest BCUT2D eigenvalue weighted by Gasteiger charge is -2.45. The molecule has 1 aromatic heterocycles. The first-order chi connectivity index (χ1) is 14.1. The van der Waals surface area contributed by atoms with Crippen LogP contribution in [0.3, 0.4) is 0 Å². The van der Waals surface area contributed by atoms with Crippen LogP contribution in [0.4, 0.5) is 0 Å². The number of nitrogens with zero attached hydrogens (tertiary/aromatic N) is 3. The fourth-order valence-corrected chi connectivity index (χ4v) is 5.45. The third-order valence-corrected chi connectivity index (χ3v) is 6.91. The molecule has 0 aliphatic carbocycles. The molecule has 1 aromatic carbocycles. The van der Waals surface area contributed by atoms with Crippen molar-refractivity contribution >= 4 is 33.4 Å². The molecule has 2 aliphatic heterocycles. The Hall–Kier alpha value is -2.29. The number of benzene rings is 1. The molecule has 8 heteroatoms. The average Bonchev–Trinajstić information content (AvgIpc) is 3.26. The number of methoxy groups -OCH3 is 1. The number of hydrogen-bond acceptors (Lipinski definition) is 7. The Labute approximate surface area is 173 Å². The molecule has 7 nitrogen and oxygen atoms in total. The van der Waals surface area contributed by atoms with E-state index in [0.29, 0.717) is 12.8 Å². The van der Waals surface area contributed by atoms with Gasteiger partial charge in [-0.05, 0) is 25.0 Å². The predicted molar refractivity (Wildman–Crippen MR) is 110 cm³/mol. The summed E-state index contributed by atoms with van der Waals surface area (Å²) in [4.78, 5) is 37.8. The van der Waals surface area contributed by atoms with E-state index in [1.54, 1.807) is 17.4 Å². The second-order valence-corrected chi connectivity index (χ2v) is 8.62. The maximum absolute atomic E-state index is 12.6. The summed E-state index contributed by atoms with van der Waals surface area (Å²) in [5, 5.41) is 2.51. The molecule has 0 saturated carbocycles. The third-order valence-electron chi connectivity index (χ3n) is 5.88. The molecule has 2 fully saturated rings. The molecule has 29 heavy (non-hydrogen) atoms. The smallest absolute Gasteiger partial charge is 0.311 e. The third kappa shape index (κ3) is 3.68. The zero-order chi connectivity index (χ0) is 20.4. The van der Waals surface area contributed by atoms with Gasteiger partial charge in [0.25, 0.3) is 0 Å². The Morgan fingerprint density at radius 2 is 2.14 bits per heavy atom. The van der Waals surface area contributed by atoms with E-state index in [2.05, 4.69) is 17.5 Å². The molecule has 0 unspecified atom stereocenters. The average molecular weight is 416 g/mol. The normalized spacial score (nSPS) is 21.8. The summed E-state index contributed by atoms with van der Waals surface area (Å²) in [7, 11) is 1.37. The minimum atomic E-state index is -0.655. The topological polar surface area (TPSA) is 72.0 Å². The van der Waals surface area contributed by atoms with Crippen LogP contribution in [0.2, 0.25) is 0 Å². The zero-order valence-electron chi connectivity index (χ0n) is 16.5. The molecular formula is C21H25N3O4S. The molecule has 1 atom stereocenters. The summed E-state index contributed by atoms with van der Waals surface area (Å²) < 4.78 is 6.19. The Morgan fingerprint density at radius 3 is 2.83 bits per heavy atom. The lowest BCUT2D eigenvalue weighted by molar-refractivity contribution is -0.218. The molecule has 2 saturated heterocycles. The van der Waals surface area contributed by atoms with E-state index in [9.17, 15) is 9.59 Å². The van der Waals surface area contributed by atoms with Gasteiger partial charge in [0, 0.05) is 19.5 Å². The van der Waals surface area contributed by atoms with Crippen LogP contribution in [0.15, 0.2) is 36.9 Å². The lowest BCUT2D eigenvalue weighted by Crippen LogP contribution is -2.57. The summed E-state index contributed by atoms with van der Waals surface area (Å²) >= 11 is 1.71. The van der Waals surface area contributed by atoms with Gasteiger partial charge in [-0.25, -0.2) is 10.0 Å². The first kappa shape index (κ1) is 20.0. The van der Waals surface area contributed by atoms with Crippen LogP contribution in [0.1, 0.15) is 24.3 Å². The van der Waals surface area contributed by atoms with Gasteiger partial charge in [0.1, 0.15) is 5.01 Å². The summed E-state index contributed by atoms with van der Waals surface area (Å²) in [5.74, 6) is -1.01. The maximum Gasteiger partial charge on any atom is 0.311 e. The van der Waals surface area contributed by atoms with E-state index in [-0.39, 0.29) is 24.9 Å². The molecule has 4 rings (SSSR count). The Balaban J connectivity index is 1.49. The number of ether oxygens (including phenoxy) is 1. The van der Waals surface area contributed by atoms with Crippen molar-refractivity contribution in [1.29, 1.82) is 0 Å². The number of esters is 1. The van der Waals surface area contributed by atoms with E-state index in [1.807, 2.05) is 18.2 Å². The summed E-state index contributed by atoms with van der Waals surface area (Å²) in [6.45, 7) is 6.16. The number of carbonyl (C=O) groups excluding carboxylic acids is 2. The molecule has 2 aromatic rings. The van der Waals surface area contributed by atoms with E-state index in [1.165, 1.54) is 16.9 Å². The van der Waals surface area contributed by atoms with Crippen molar-refractivity contribution in [2.45, 2.75) is 31.3 Å². The fraction of sp³-hybridized carbons (Fsp3) is 0.476. The van der Waals surface area contributed by atoms with Gasteiger partial charge in [0.2, 0.25) is 5.91 Å². The fourth-order valence-electron chi connectivity index (χ4n) is 4.44. The van der Waals surface area contributed by atoms with Crippen LogP contribution in [0.25, 0.3) is 10.2 Å². The van der Waals surface area contributed by atoms with Gasteiger partial charge in [0.05, 0.1) is 41.9 Å². The lowest BCUT2D eigenvalue weighted by atomic mass is 9.77. The number of aromatic nitrogens is 1. The minimum Gasteiger partial charge on any atom is -0.469 e. The number of likely N-dealkylation sites (tertiary alicyclic amines) is 1. The molecule has 0 bridgehead atoms. The number of fused-ring (bicyclic) bond motifs is 1. The van der Waals surface area contributed by atoms with Crippen LogP contribution in [-0.4, -0.2) is 59.2 Å². The van der Waals surface area contributed by atoms with Gasteiger partial charge in [0.15, 0.2) is 0 Å². The van der Waals surface area contributed by atoms with Crippen molar-refractivity contribution < 1.29 is 19.2 Å². The first-order valence-electron chi connectivity index (χ1n) is 9.79. The highest BCUT2D eigenvalue weighted by atomic mass is 32.1. The van der Waals surface area contributed by atoms with Crippen molar-refractivity contribution in [2.75, 3.05) is 26.8 Å². The van der Waals surface area contributed by atoms with Crippen molar-refractivity contribution in [3.63, 3.8) is 0 Å². The van der Waals surface area contributed by atoms with Crippen molar-refractivity contribution in [3.05, 3.63) is 41.9 Å². The minimum absolute atomic E-state index is 0.127. The van der Waals surface area contributed by atoms with E-state index in [0.717, 1.165) is 30.2 Å². The van der Waals surface area contributed by atoms with Crippen LogP contribution < -0.4 is 0 Å². The van der Waals surface area contributed by atoms with Crippen LogP contribution in [0, 0.1) is 5.92 Å². The summed E-state index contributed by atoms with van der Waals surface area (Å²) in [5.41, 5.74) is 0.370. The number of rotatable bonds is 6. The Morgan fingerprint density at radius 1 is 1.38 bits per heavy atom. The number of para-hydroxylation sites is 1. The molecule has 154 valence electrons. The van der Waals surface area contributed by atoms with Gasteiger partial charge < -0.3 is 4.74 Å². The van der Waals surface area contributed by atoms with Crippen molar-refractivity contribution in [1.82, 2.24) is 14.9 Å². The van der Waals surface area contributed by atoms with Crippen molar-refractivity contribution in [3.8, 4) is 0 Å². The van der Waals surface area contributed by atoms with Gasteiger partial charge in [-0.3, -0.25) is 19.3 Å². The zero-order valence-corrected chi connectivity index (χ0v) is 17.3. The summed E-state index contributed by atoms with van der Waals surface area (Å²) in [6.07, 6.45) is 3.04. The molecule has 2 aliphatic rings. The molecule has 0 N–H and O–H groups in total. The van der Waals surface area contributed by atoms with Gasteiger partial charge in [-0.2, -0.15) is 0 Å². The van der Waals surface area contributed by atoms with E-state index < -0.39 is 11.5 Å². The van der Waals surface area contributed by atoms with Gasteiger partial charge in [-0.15, -0.1) is 17.9 Å². The standard InChI is InChI=1S/C21H25N3O4S/c1-3-12-28-24-19(25)13-15(20(26)27-2)21(24)8-10-23(11-9-21)14-18-22-16-6-4-5-7-17(16)29-18/h3-7,15H,1,8-14H2,2H3/t15-/m1/s1. The number of hydroxylamine groups is 2. The monoisotopic (exact) mass is 415 g/mol. The highest BCUT2D eigenvalue weighted by molar-refractivity contribution is 7.18. The second kappa shape index (κ2) is 8.22. The first-order valence-corrected chi connectivity index (χ1v) is 10.6. The molecular weight excluding hydrogens is 390 g/mol. The van der Waals surface area contributed by atoms with Crippen LogP contribution in [0.5, 0.6) is 0 Å². The Kier molecular flexibility index (Phi) is 5.67. The maximum atomic E-state index is 12.6. The number of amides is 1. The van der Waals surface area contributed by atoms with E-state index >= 15 is 0 Å². The predicted octanol–water partition coefficient (Wildman–Crippen LogP) is 2.77. The number of hydrogen-bond donors (Lipinski definition) is 0. The van der Waals surface area contributed by atoms with Crippen LogP contribution >= 0.6 is 11.3 Å². The number of thiazole rings is 1. The molecule has 1 spiro atoms. The molecule has 3 heterocycles. The Bertz CT molecular complexity index is 887. The molecule has 0 radical (unpaired) electrons. The van der Waals surface area contributed by atoms with Crippen LogP contribution in [-0.2, 0) is 25.7 Å². The number of carbonyl (C=O) groups is 2. The number of piperidine rings is 1. The largest absolute Gasteiger partial charge is 0.469 e. The van der Waals surface area contributed by atoms with Gasteiger partial charge >= 0.3 is 5.97 Å². The van der Waals surface area contributed by atoms with E-state index in [4.69, 9.17) is 14.6 Å².